The fourth-order valence-corrected chi connectivity index (χ4v) is 16.6. The normalized spacial score (nSPS) is 11.8. The Balaban J connectivity index is 0.000000140. The van der Waals surface area contributed by atoms with Crippen LogP contribution in [0.15, 0.2) is 346 Å². The van der Waals surface area contributed by atoms with Crippen LogP contribution in [0, 0.1) is 22.7 Å². The summed E-state index contributed by atoms with van der Waals surface area (Å²) in [4.78, 5) is 25.7. The first-order valence-corrected chi connectivity index (χ1v) is 36.6. The van der Waals surface area contributed by atoms with Crippen LogP contribution in [0.5, 0.6) is 23.0 Å². The van der Waals surface area contributed by atoms with Crippen molar-refractivity contribution >= 4 is 86.2 Å². The highest BCUT2D eigenvalue weighted by atomic mass is 16.5. The van der Waals surface area contributed by atoms with Crippen molar-refractivity contribution < 1.29 is 9.47 Å². The van der Waals surface area contributed by atoms with Gasteiger partial charge in [0.2, 0.25) is 0 Å². The third kappa shape index (κ3) is 10.5. The average Bonchev–Trinajstić information content (AvgIpc) is 0.725. The minimum atomic E-state index is 0.577. The number of nitrogens with zero attached hydrogens (tertiary/aromatic N) is 7. The molecule has 2 aliphatic heterocycles. The summed E-state index contributed by atoms with van der Waals surface area (Å²) >= 11 is 0. The second-order valence-corrected chi connectivity index (χ2v) is 27.8. The predicted octanol–water partition coefficient (Wildman–Crippen LogP) is 26.2. The molecule has 0 N–H and O–H groups in total. The summed E-state index contributed by atoms with van der Waals surface area (Å²) in [5, 5.41) is 37.1. The molecule has 0 saturated carbocycles. The van der Waals surface area contributed by atoms with Gasteiger partial charge in [-0.05, 0) is 188 Å². The average molecular weight is 1400 g/mol. The summed E-state index contributed by atoms with van der Waals surface area (Å²) in [5.41, 5.74) is 17.6. The SMILES string of the molecule is N#Cc1ccc2c(c1)Oc1cccc3c(-c4cc5c6ccccc6c(-c6nc(-c7ccccc7)cc(-c7ccccc7)n6)cc5c5ccccc45)ccc-2c13.N#Cc1ccc2c(c1)Oc1cccc3c(-c4cc5c6ccccc6c(-c6nc(-c7ccccc7)nc(-c7ccccc7)n6)cc5c5ccccc45)ccc-2c13. The number of aromatic nitrogens is 5. The van der Waals surface area contributed by atoms with Crippen LogP contribution < -0.4 is 9.47 Å². The van der Waals surface area contributed by atoms with Crippen molar-refractivity contribution in [2.24, 2.45) is 0 Å². The molecule has 0 spiro atoms. The summed E-state index contributed by atoms with van der Waals surface area (Å²) in [7, 11) is 0. The fourth-order valence-electron chi connectivity index (χ4n) is 16.6. The van der Waals surface area contributed by atoms with Gasteiger partial charge in [0.15, 0.2) is 23.3 Å². The standard InChI is InChI=1S/C51H29N3O.C50H28N4O/c52-30-31-22-23-39-41-25-24-38(40-20-11-21-48(50(40)41)55-49(39)26-31)42-27-43-36-18-9-10-19-37(36)45(28-44(43)35-17-8-7-16-34(35)42)51-53-46(32-12-3-1-4-13-32)29-47(54-51)33-14-5-2-6-15-33;51-29-30-22-23-38-40-25-24-37(39-20-11-21-45(47(39)40)55-46(38)26-30)41-27-42-35-18-9-10-19-36(35)44(28-43(42)34-17-8-7-16-33(34)41)50-53-48(31-12-3-1-4-13-31)52-49(54-50)32-14-5-2-6-15-32/h1-29H;1-28H. The van der Waals surface area contributed by atoms with Crippen LogP contribution in [0.2, 0.25) is 0 Å². The summed E-state index contributed by atoms with van der Waals surface area (Å²) in [5.74, 6) is 5.59. The minimum absolute atomic E-state index is 0.577. The molecule has 0 unspecified atom stereocenters. The Hall–Kier alpha value is -15.3. The van der Waals surface area contributed by atoms with Crippen LogP contribution in [0.3, 0.4) is 0 Å². The van der Waals surface area contributed by atoms with Gasteiger partial charge in [0.05, 0.1) is 34.7 Å². The first kappa shape index (κ1) is 63.2. The third-order valence-electron chi connectivity index (χ3n) is 21.6. The van der Waals surface area contributed by atoms with Crippen molar-refractivity contribution in [1.82, 2.24) is 24.9 Å². The van der Waals surface area contributed by atoms with E-state index in [9.17, 15) is 10.5 Å². The number of hydrogen-bond acceptors (Lipinski definition) is 9. The molecule has 2 aliphatic rings. The molecule has 0 radical (unpaired) electrons. The van der Waals surface area contributed by atoms with Crippen molar-refractivity contribution in [1.29, 1.82) is 10.5 Å². The van der Waals surface area contributed by atoms with E-state index in [1.807, 2.05) is 121 Å². The molecule has 9 heteroatoms. The summed E-state index contributed by atoms with van der Waals surface area (Å²) in [6, 6.07) is 124. The van der Waals surface area contributed by atoms with Gasteiger partial charge in [-0.15, -0.1) is 0 Å². The number of ether oxygens (including phenoxy) is 2. The van der Waals surface area contributed by atoms with E-state index in [0.717, 1.165) is 182 Å². The lowest BCUT2D eigenvalue weighted by Crippen LogP contribution is -2.01. The fraction of sp³-hybridized carbons (Fsp3) is 0. The molecular weight excluding hydrogens is 1340 g/mol. The molecule has 0 aliphatic carbocycles. The van der Waals surface area contributed by atoms with Gasteiger partial charge in [-0.2, -0.15) is 10.5 Å². The molecule has 0 saturated heterocycles. The largest absolute Gasteiger partial charge is 0.456 e. The molecule has 508 valence electrons. The van der Waals surface area contributed by atoms with Gasteiger partial charge in [0.25, 0.3) is 0 Å². The van der Waals surface area contributed by atoms with Gasteiger partial charge in [-0.1, -0.05) is 267 Å². The quantitative estimate of drug-likeness (QED) is 0.136. The highest BCUT2D eigenvalue weighted by Gasteiger charge is 2.28. The van der Waals surface area contributed by atoms with E-state index in [1.54, 1.807) is 0 Å². The van der Waals surface area contributed by atoms with E-state index in [0.29, 0.717) is 45.9 Å². The van der Waals surface area contributed by atoms with E-state index in [1.165, 1.54) is 5.39 Å². The molecule has 0 fully saturated rings. The van der Waals surface area contributed by atoms with Gasteiger partial charge in [-0.3, -0.25) is 0 Å². The highest BCUT2D eigenvalue weighted by molar-refractivity contribution is 6.27. The van der Waals surface area contributed by atoms with Gasteiger partial charge in [0.1, 0.15) is 23.0 Å². The van der Waals surface area contributed by atoms with Crippen LogP contribution in [0.1, 0.15) is 11.1 Å². The zero-order valence-corrected chi connectivity index (χ0v) is 58.9. The topological polar surface area (TPSA) is 130 Å². The van der Waals surface area contributed by atoms with Crippen LogP contribution in [-0.4, -0.2) is 24.9 Å². The van der Waals surface area contributed by atoms with Crippen molar-refractivity contribution in [2.75, 3.05) is 0 Å². The first-order chi connectivity index (χ1) is 54.4. The lowest BCUT2D eigenvalue weighted by atomic mass is 9.85. The van der Waals surface area contributed by atoms with E-state index in [2.05, 4.69) is 237 Å². The van der Waals surface area contributed by atoms with Gasteiger partial charge >= 0.3 is 0 Å². The molecule has 110 heavy (non-hydrogen) atoms. The Morgan fingerprint density at radius 3 is 0.873 bits per heavy atom. The second-order valence-electron chi connectivity index (χ2n) is 27.8. The lowest BCUT2D eigenvalue weighted by Gasteiger charge is -2.23. The number of benzene rings is 18. The first-order valence-electron chi connectivity index (χ1n) is 36.6. The molecule has 9 nitrogen and oxygen atoms in total. The lowest BCUT2D eigenvalue weighted by molar-refractivity contribution is 0.486. The van der Waals surface area contributed by atoms with Crippen LogP contribution in [0.25, 0.3) is 199 Å². The maximum atomic E-state index is 9.55. The van der Waals surface area contributed by atoms with Gasteiger partial charge in [-0.25, -0.2) is 24.9 Å². The number of rotatable bonds is 8. The van der Waals surface area contributed by atoms with Gasteiger partial charge in [0, 0.05) is 55.3 Å². The monoisotopic (exact) mass is 1400 g/mol. The Kier molecular flexibility index (Phi) is 14.8. The maximum Gasteiger partial charge on any atom is 0.164 e. The van der Waals surface area contributed by atoms with Gasteiger partial charge < -0.3 is 9.47 Å². The van der Waals surface area contributed by atoms with E-state index in [-0.39, 0.29) is 0 Å². The molecule has 22 rings (SSSR count). The Labute approximate surface area is 631 Å². The molecule has 0 amide bonds. The Bertz CT molecular complexity index is 6800. The van der Waals surface area contributed by atoms with E-state index < -0.39 is 0 Å². The van der Waals surface area contributed by atoms with E-state index in [4.69, 9.17) is 34.4 Å². The molecular formula is C101H57N7O2. The Morgan fingerprint density at radius 1 is 0.191 bits per heavy atom. The Morgan fingerprint density at radius 2 is 0.491 bits per heavy atom. The zero-order chi connectivity index (χ0) is 72.9. The molecule has 0 atom stereocenters. The van der Waals surface area contributed by atoms with Crippen molar-refractivity contribution in [3.63, 3.8) is 0 Å². The van der Waals surface area contributed by atoms with Crippen molar-refractivity contribution in [3.05, 3.63) is 357 Å². The number of nitriles is 2. The molecule has 2 aromatic heterocycles. The second kappa shape index (κ2) is 25.8. The number of hydrogen-bond donors (Lipinski definition) is 0. The summed E-state index contributed by atoms with van der Waals surface area (Å²) in [6.45, 7) is 0. The van der Waals surface area contributed by atoms with Crippen molar-refractivity contribution in [3.8, 4) is 148 Å². The van der Waals surface area contributed by atoms with E-state index >= 15 is 0 Å². The van der Waals surface area contributed by atoms with Crippen molar-refractivity contribution in [2.45, 2.75) is 0 Å². The highest BCUT2D eigenvalue weighted by Crippen LogP contribution is 2.53. The molecule has 0 bridgehead atoms. The molecule has 20 aromatic rings. The molecule has 4 heterocycles. The maximum absolute atomic E-state index is 9.55. The molecule has 18 aromatic carbocycles. The third-order valence-corrected chi connectivity index (χ3v) is 21.6. The smallest absolute Gasteiger partial charge is 0.164 e. The number of fused-ring (bicyclic) bond motifs is 14. The van der Waals surface area contributed by atoms with Crippen LogP contribution in [-0.2, 0) is 0 Å². The zero-order valence-electron chi connectivity index (χ0n) is 58.9. The minimum Gasteiger partial charge on any atom is -0.456 e. The predicted molar refractivity (Wildman–Crippen MR) is 446 cm³/mol. The summed E-state index contributed by atoms with van der Waals surface area (Å²) in [6.07, 6.45) is 0. The summed E-state index contributed by atoms with van der Waals surface area (Å²) < 4.78 is 12.9. The van der Waals surface area contributed by atoms with Crippen LogP contribution >= 0.6 is 0 Å². The van der Waals surface area contributed by atoms with Crippen LogP contribution in [0.4, 0.5) is 0 Å².